The van der Waals surface area contributed by atoms with E-state index in [0.717, 1.165) is 56.0 Å². The van der Waals surface area contributed by atoms with Gasteiger partial charge in [0.1, 0.15) is 5.52 Å². The van der Waals surface area contributed by atoms with Gasteiger partial charge in [-0.2, -0.15) is 0 Å². The van der Waals surface area contributed by atoms with Crippen molar-refractivity contribution in [1.82, 2.24) is 20.1 Å². The molecule has 6 heteroatoms. The lowest BCUT2D eigenvalue weighted by molar-refractivity contribution is 0.0398. The minimum absolute atomic E-state index is 0.594. The van der Waals surface area contributed by atoms with Crippen molar-refractivity contribution in [3.05, 3.63) is 23.8 Å². The molecule has 0 amide bonds. The predicted molar refractivity (Wildman–Crippen MR) is 77.8 cm³/mol. The molecule has 1 aliphatic rings. The highest BCUT2D eigenvalue weighted by Crippen LogP contribution is 2.13. The lowest BCUT2D eigenvalue weighted by atomic mass is 10.2. The Morgan fingerprint density at radius 2 is 2.10 bits per heavy atom. The molecular weight excluding hydrogens is 254 g/mol. The first-order valence-electron chi connectivity index (χ1n) is 6.97. The van der Waals surface area contributed by atoms with E-state index in [2.05, 4.69) is 25.4 Å². The number of nitrogens with one attached hydrogen (secondary N) is 1. The van der Waals surface area contributed by atoms with Crippen LogP contribution >= 0.6 is 0 Å². The topological polar surface area (TPSA) is 63.2 Å². The second-order valence-corrected chi connectivity index (χ2v) is 4.96. The van der Waals surface area contributed by atoms with Crippen LogP contribution in [0.4, 0.5) is 5.95 Å². The van der Waals surface area contributed by atoms with E-state index >= 15 is 0 Å². The van der Waals surface area contributed by atoms with Crippen LogP contribution in [0.2, 0.25) is 0 Å². The van der Waals surface area contributed by atoms with Crippen molar-refractivity contribution in [2.75, 3.05) is 44.7 Å². The zero-order valence-electron chi connectivity index (χ0n) is 11.7. The molecule has 20 heavy (non-hydrogen) atoms. The summed E-state index contributed by atoms with van der Waals surface area (Å²) in [7, 11) is 0. The molecule has 0 atom stereocenters. The van der Waals surface area contributed by atoms with Crippen LogP contribution in [0.5, 0.6) is 0 Å². The quantitative estimate of drug-likeness (QED) is 0.899. The molecule has 0 unspecified atom stereocenters. The summed E-state index contributed by atoms with van der Waals surface area (Å²) in [5.41, 5.74) is 2.85. The standard InChI is InChI=1S/C14H19N5O/c1-11-3-2-4-12-13(11)17-18-14(16-12)15-5-6-19-7-9-20-10-8-19/h2-4H,5-10H2,1H3,(H,15,16,18). The van der Waals surface area contributed by atoms with Gasteiger partial charge >= 0.3 is 0 Å². The van der Waals surface area contributed by atoms with Gasteiger partial charge in [-0.1, -0.05) is 12.1 Å². The Labute approximate surface area is 118 Å². The normalized spacial score (nSPS) is 16.4. The summed E-state index contributed by atoms with van der Waals surface area (Å²) >= 11 is 0. The monoisotopic (exact) mass is 273 g/mol. The first-order chi connectivity index (χ1) is 9.83. The maximum absolute atomic E-state index is 5.33. The Bertz CT molecular complexity index is 583. The summed E-state index contributed by atoms with van der Waals surface area (Å²) in [6.07, 6.45) is 0. The molecule has 1 saturated heterocycles. The maximum atomic E-state index is 5.33. The number of aromatic nitrogens is 3. The van der Waals surface area contributed by atoms with Crippen molar-refractivity contribution in [2.45, 2.75) is 6.92 Å². The summed E-state index contributed by atoms with van der Waals surface area (Å²) in [5.74, 6) is 0.594. The van der Waals surface area contributed by atoms with Gasteiger partial charge in [-0.05, 0) is 18.6 Å². The summed E-state index contributed by atoms with van der Waals surface area (Å²) < 4.78 is 5.33. The molecule has 0 aliphatic carbocycles. The van der Waals surface area contributed by atoms with E-state index in [0.29, 0.717) is 5.95 Å². The number of benzene rings is 1. The largest absolute Gasteiger partial charge is 0.379 e. The van der Waals surface area contributed by atoms with Crippen LogP contribution in [0.1, 0.15) is 5.56 Å². The molecule has 106 valence electrons. The van der Waals surface area contributed by atoms with Gasteiger partial charge in [0.05, 0.1) is 18.7 Å². The van der Waals surface area contributed by atoms with Gasteiger partial charge in [0.25, 0.3) is 0 Å². The van der Waals surface area contributed by atoms with E-state index in [4.69, 9.17) is 4.74 Å². The number of aryl methyl sites for hydroxylation is 1. The zero-order valence-corrected chi connectivity index (χ0v) is 11.7. The molecule has 3 rings (SSSR count). The van der Waals surface area contributed by atoms with E-state index in [1.165, 1.54) is 0 Å². The molecule has 1 fully saturated rings. The number of anilines is 1. The Morgan fingerprint density at radius 3 is 2.95 bits per heavy atom. The molecule has 6 nitrogen and oxygen atoms in total. The molecule has 1 N–H and O–H groups in total. The SMILES string of the molecule is Cc1cccc2nc(NCCN3CCOCC3)nnc12. The van der Waals surface area contributed by atoms with Gasteiger partial charge in [0.15, 0.2) is 0 Å². The van der Waals surface area contributed by atoms with Crippen LogP contribution in [-0.2, 0) is 4.74 Å². The van der Waals surface area contributed by atoms with E-state index in [9.17, 15) is 0 Å². The van der Waals surface area contributed by atoms with Gasteiger partial charge in [-0.15, -0.1) is 10.2 Å². The van der Waals surface area contributed by atoms with Crippen LogP contribution in [0.25, 0.3) is 11.0 Å². The third kappa shape index (κ3) is 3.02. The molecule has 0 spiro atoms. The maximum Gasteiger partial charge on any atom is 0.243 e. The van der Waals surface area contributed by atoms with E-state index in [1.54, 1.807) is 0 Å². The van der Waals surface area contributed by atoms with Crippen molar-refractivity contribution < 1.29 is 4.74 Å². The van der Waals surface area contributed by atoms with Gasteiger partial charge in [-0.25, -0.2) is 4.98 Å². The number of morpholine rings is 1. The predicted octanol–water partition coefficient (Wildman–Crippen LogP) is 1.08. The fourth-order valence-corrected chi connectivity index (χ4v) is 2.32. The lowest BCUT2D eigenvalue weighted by Crippen LogP contribution is -2.39. The minimum Gasteiger partial charge on any atom is -0.379 e. The highest BCUT2D eigenvalue weighted by atomic mass is 16.5. The van der Waals surface area contributed by atoms with Crippen LogP contribution in [-0.4, -0.2) is 59.5 Å². The third-order valence-electron chi connectivity index (χ3n) is 3.50. The van der Waals surface area contributed by atoms with Gasteiger partial charge < -0.3 is 10.1 Å². The Kier molecular flexibility index (Phi) is 4.03. The van der Waals surface area contributed by atoms with Crippen molar-refractivity contribution in [3.63, 3.8) is 0 Å². The molecular formula is C14H19N5O. The second-order valence-electron chi connectivity index (χ2n) is 4.96. The van der Waals surface area contributed by atoms with E-state index in [-0.39, 0.29) is 0 Å². The van der Waals surface area contributed by atoms with E-state index < -0.39 is 0 Å². The molecule has 1 aliphatic heterocycles. The Hall–Kier alpha value is -1.79. The van der Waals surface area contributed by atoms with E-state index in [1.807, 2.05) is 25.1 Å². The Balaban J connectivity index is 1.60. The van der Waals surface area contributed by atoms with Crippen molar-refractivity contribution in [2.24, 2.45) is 0 Å². The van der Waals surface area contributed by atoms with Crippen LogP contribution in [0.3, 0.4) is 0 Å². The molecule has 2 aromatic rings. The molecule has 1 aromatic heterocycles. The average Bonchev–Trinajstić information content (AvgIpc) is 2.48. The zero-order chi connectivity index (χ0) is 13.8. The third-order valence-corrected chi connectivity index (χ3v) is 3.50. The van der Waals surface area contributed by atoms with Crippen molar-refractivity contribution in [1.29, 1.82) is 0 Å². The second kappa shape index (κ2) is 6.11. The number of fused-ring (bicyclic) bond motifs is 1. The first kappa shape index (κ1) is 13.2. The summed E-state index contributed by atoms with van der Waals surface area (Å²) in [4.78, 5) is 6.86. The van der Waals surface area contributed by atoms with Gasteiger partial charge in [0.2, 0.25) is 5.95 Å². The smallest absolute Gasteiger partial charge is 0.243 e. The minimum atomic E-state index is 0.594. The summed E-state index contributed by atoms with van der Waals surface area (Å²) in [5, 5.41) is 11.6. The van der Waals surface area contributed by atoms with Crippen LogP contribution in [0, 0.1) is 6.92 Å². The number of rotatable bonds is 4. The number of hydrogen-bond donors (Lipinski definition) is 1. The fourth-order valence-electron chi connectivity index (χ4n) is 2.32. The molecule has 2 heterocycles. The van der Waals surface area contributed by atoms with Gasteiger partial charge in [0, 0.05) is 26.2 Å². The van der Waals surface area contributed by atoms with Gasteiger partial charge in [-0.3, -0.25) is 4.90 Å². The average molecular weight is 273 g/mol. The summed E-state index contributed by atoms with van der Waals surface area (Å²) in [6.45, 7) is 7.46. The van der Waals surface area contributed by atoms with Crippen LogP contribution in [0.15, 0.2) is 18.2 Å². The van der Waals surface area contributed by atoms with Crippen molar-refractivity contribution in [3.8, 4) is 0 Å². The highest BCUT2D eigenvalue weighted by Gasteiger charge is 2.09. The number of ether oxygens (including phenoxy) is 1. The fraction of sp³-hybridized carbons (Fsp3) is 0.500. The molecule has 1 aromatic carbocycles. The van der Waals surface area contributed by atoms with Crippen molar-refractivity contribution >= 4 is 17.0 Å². The number of hydrogen-bond acceptors (Lipinski definition) is 6. The Morgan fingerprint density at radius 1 is 1.25 bits per heavy atom. The highest BCUT2D eigenvalue weighted by molar-refractivity contribution is 5.77. The lowest BCUT2D eigenvalue weighted by Gasteiger charge is -2.26. The van der Waals surface area contributed by atoms with Crippen LogP contribution < -0.4 is 5.32 Å². The molecule has 0 bridgehead atoms. The number of nitrogens with zero attached hydrogens (tertiary/aromatic N) is 4. The first-order valence-corrected chi connectivity index (χ1v) is 6.97. The summed E-state index contributed by atoms with van der Waals surface area (Å²) in [6, 6.07) is 5.97. The molecule has 0 radical (unpaired) electrons. The molecule has 0 saturated carbocycles.